The number of carbonyl (C=O) groups excluding carboxylic acids is 4. The number of anilines is 1. The maximum Gasteiger partial charge on any atom is 0.313 e. The van der Waals surface area contributed by atoms with Crippen molar-refractivity contribution in [3.8, 4) is 0 Å². The van der Waals surface area contributed by atoms with E-state index < -0.39 is 47.7 Å². The van der Waals surface area contributed by atoms with Gasteiger partial charge in [0.25, 0.3) is 5.91 Å². The largest absolute Gasteiger partial charge is 0.455 e. The molecule has 2 bridgehead atoms. The van der Waals surface area contributed by atoms with Gasteiger partial charge in [-0.25, -0.2) is 0 Å². The van der Waals surface area contributed by atoms with Gasteiger partial charge in [0.15, 0.2) is 0 Å². The lowest BCUT2D eigenvalue weighted by molar-refractivity contribution is -0.163. The first-order chi connectivity index (χ1) is 25.6. The number of methoxy groups -OCH3 is 1. The van der Waals surface area contributed by atoms with Gasteiger partial charge < -0.3 is 34.4 Å². The maximum atomic E-state index is 14.9. The molecule has 5 rings (SSSR count). The van der Waals surface area contributed by atoms with Crippen LogP contribution < -0.4 is 10.2 Å². The first kappa shape index (κ1) is 40.6. The molecule has 0 saturated carbocycles. The Morgan fingerprint density at radius 1 is 1.11 bits per heavy atom. The molecular weight excluding hydrogens is 766 g/mol. The average Bonchev–Trinajstić information content (AvgIpc) is 3.75. The number of fused-ring (bicyclic) bond motifs is 1. The Hall–Kier alpha value is -3.55. The molecule has 53 heavy (non-hydrogen) atoms. The lowest BCUT2D eigenvalue weighted by Gasteiger charge is -2.37. The second kappa shape index (κ2) is 18.7. The number of amides is 3. The van der Waals surface area contributed by atoms with Crippen molar-refractivity contribution in [1.82, 2.24) is 10.2 Å². The molecule has 2 aromatic carbocycles. The van der Waals surface area contributed by atoms with Gasteiger partial charge in [0.2, 0.25) is 11.8 Å². The van der Waals surface area contributed by atoms with Crippen LogP contribution in [0.25, 0.3) is 0 Å². The summed E-state index contributed by atoms with van der Waals surface area (Å²) in [5.41, 5.74) is -0.0985. The van der Waals surface area contributed by atoms with E-state index in [4.69, 9.17) is 25.8 Å². The standard InChI is InChI=1S/C40H49BrClN3O8/c1-4-6-16-31(47)43-30(25-51-3)34(26-14-10-9-11-15-26)52-39(50)32-33-37(48)45(22-12-7-8-13-23-46)36(40(33)24-29(41)35(32)53-40)38(49)44(21-5-2)28-19-17-27(42)18-20-28/h4-5,9-11,14-15,17-20,29-30,32-36,46H,1-2,6-8,12-13,16,21-25H2,3H3,(H,43,47)/t29?,30-,32-,33+,34-,35-,36-,40+/m1/s1. The lowest BCUT2D eigenvalue weighted by atomic mass is 9.70. The Morgan fingerprint density at radius 3 is 2.49 bits per heavy atom. The summed E-state index contributed by atoms with van der Waals surface area (Å²) >= 11 is 9.93. The number of alkyl halides is 1. The van der Waals surface area contributed by atoms with Crippen LogP contribution in [0.5, 0.6) is 0 Å². The van der Waals surface area contributed by atoms with Crippen LogP contribution in [0.4, 0.5) is 5.69 Å². The predicted molar refractivity (Wildman–Crippen MR) is 205 cm³/mol. The van der Waals surface area contributed by atoms with Gasteiger partial charge in [0.1, 0.15) is 17.7 Å². The maximum absolute atomic E-state index is 14.9. The Balaban J connectivity index is 1.51. The molecule has 1 unspecified atom stereocenters. The van der Waals surface area contributed by atoms with Crippen LogP contribution in [0.1, 0.15) is 56.6 Å². The molecule has 3 fully saturated rings. The molecule has 13 heteroatoms. The fourth-order valence-electron chi connectivity index (χ4n) is 8.01. The predicted octanol–water partition coefficient (Wildman–Crippen LogP) is 5.54. The fourth-order valence-corrected chi connectivity index (χ4v) is 9.08. The SMILES string of the molecule is C=CCCC(=O)N[C@H](COC)[C@H](OC(=O)[C@H]1[C@@H]2O[C@@]3(CC2Br)[C@@H]1C(=O)N(CCCCCCO)[C@@H]3C(=O)N(CC=C)c1ccc(Cl)cc1)c1ccccc1. The molecule has 3 saturated heterocycles. The third kappa shape index (κ3) is 8.73. The van der Waals surface area contributed by atoms with E-state index in [2.05, 4.69) is 34.4 Å². The summed E-state index contributed by atoms with van der Waals surface area (Å²) in [7, 11) is 1.50. The fraction of sp³-hybridized carbons (Fsp3) is 0.500. The van der Waals surface area contributed by atoms with Crippen molar-refractivity contribution < 1.29 is 38.5 Å². The molecule has 0 aromatic heterocycles. The number of nitrogens with zero attached hydrogens (tertiary/aromatic N) is 2. The van der Waals surface area contributed by atoms with E-state index >= 15 is 0 Å². The first-order valence-electron chi connectivity index (χ1n) is 18.2. The van der Waals surface area contributed by atoms with Crippen molar-refractivity contribution in [3.63, 3.8) is 0 Å². The van der Waals surface area contributed by atoms with E-state index in [0.717, 1.165) is 12.8 Å². The summed E-state index contributed by atoms with van der Waals surface area (Å²) in [5.74, 6) is -3.63. The molecule has 3 aliphatic heterocycles. The van der Waals surface area contributed by atoms with E-state index in [1.54, 1.807) is 46.2 Å². The number of likely N-dealkylation sites (tertiary alicyclic amines) is 1. The zero-order valence-corrected chi connectivity index (χ0v) is 32.4. The van der Waals surface area contributed by atoms with Crippen LogP contribution in [0, 0.1) is 11.8 Å². The number of nitrogens with one attached hydrogen (secondary N) is 1. The third-order valence-electron chi connectivity index (χ3n) is 10.3. The van der Waals surface area contributed by atoms with Gasteiger partial charge in [0, 0.05) is 48.8 Å². The van der Waals surface area contributed by atoms with Crippen LogP contribution in [0.2, 0.25) is 5.02 Å². The van der Waals surface area contributed by atoms with Gasteiger partial charge in [-0.05, 0) is 55.5 Å². The summed E-state index contributed by atoms with van der Waals surface area (Å²) in [6.45, 7) is 8.13. The van der Waals surface area contributed by atoms with Crippen LogP contribution in [-0.4, -0.2) is 95.7 Å². The number of rotatable bonds is 20. The molecule has 3 heterocycles. The molecule has 0 aliphatic carbocycles. The number of aliphatic hydroxyl groups excluding tert-OH is 1. The van der Waals surface area contributed by atoms with E-state index in [-0.39, 0.29) is 55.3 Å². The Labute approximate surface area is 324 Å². The summed E-state index contributed by atoms with van der Waals surface area (Å²) in [6.07, 6.45) is 5.31. The number of aliphatic hydroxyl groups is 1. The van der Waals surface area contributed by atoms with Crippen molar-refractivity contribution in [2.75, 3.05) is 38.3 Å². The van der Waals surface area contributed by atoms with Gasteiger partial charge in [-0.2, -0.15) is 0 Å². The highest BCUT2D eigenvalue weighted by molar-refractivity contribution is 9.09. The number of allylic oxidation sites excluding steroid dienone is 1. The van der Waals surface area contributed by atoms with Gasteiger partial charge in [0.05, 0.1) is 30.6 Å². The van der Waals surface area contributed by atoms with Crippen molar-refractivity contribution in [2.45, 2.75) is 79.7 Å². The zero-order chi connectivity index (χ0) is 38.1. The van der Waals surface area contributed by atoms with Crippen molar-refractivity contribution >= 4 is 56.9 Å². The average molecular weight is 815 g/mol. The van der Waals surface area contributed by atoms with Gasteiger partial charge in [-0.1, -0.05) is 82.9 Å². The highest BCUT2D eigenvalue weighted by Gasteiger charge is 2.77. The number of hydrogen-bond donors (Lipinski definition) is 2. The molecule has 0 radical (unpaired) electrons. The monoisotopic (exact) mass is 813 g/mol. The molecule has 11 nitrogen and oxygen atoms in total. The number of carbonyl (C=O) groups is 4. The number of hydrogen-bond acceptors (Lipinski definition) is 8. The van der Waals surface area contributed by atoms with E-state index in [0.29, 0.717) is 42.0 Å². The van der Waals surface area contributed by atoms with E-state index in [1.807, 2.05) is 30.3 Å². The number of halogens is 2. The highest BCUT2D eigenvalue weighted by atomic mass is 79.9. The van der Waals surface area contributed by atoms with Crippen LogP contribution in [0.15, 0.2) is 79.9 Å². The van der Waals surface area contributed by atoms with E-state index in [9.17, 15) is 24.3 Å². The van der Waals surface area contributed by atoms with Crippen molar-refractivity contribution in [3.05, 3.63) is 90.5 Å². The van der Waals surface area contributed by atoms with E-state index in [1.165, 1.54) is 7.11 Å². The summed E-state index contributed by atoms with van der Waals surface area (Å²) in [4.78, 5) is 59.9. The molecule has 8 atom stereocenters. The van der Waals surface area contributed by atoms with Crippen LogP contribution >= 0.6 is 27.5 Å². The Morgan fingerprint density at radius 2 is 1.83 bits per heavy atom. The smallest absolute Gasteiger partial charge is 0.313 e. The topological polar surface area (TPSA) is 135 Å². The lowest BCUT2D eigenvalue weighted by Crippen LogP contribution is -2.57. The number of ether oxygens (including phenoxy) is 3. The summed E-state index contributed by atoms with van der Waals surface area (Å²) < 4.78 is 18.6. The van der Waals surface area contributed by atoms with Crippen LogP contribution in [-0.2, 0) is 33.4 Å². The first-order valence-corrected chi connectivity index (χ1v) is 19.5. The normalized spacial score (nSPS) is 25.4. The molecule has 3 aliphatic rings. The Bertz CT molecular complexity index is 1610. The molecule has 1 spiro atoms. The van der Waals surface area contributed by atoms with Gasteiger partial charge in [-0.15, -0.1) is 13.2 Å². The number of unbranched alkanes of at least 4 members (excludes halogenated alkanes) is 3. The molecule has 286 valence electrons. The minimum atomic E-state index is -1.32. The Kier molecular flexibility index (Phi) is 14.3. The minimum Gasteiger partial charge on any atom is -0.455 e. The number of benzene rings is 2. The van der Waals surface area contributed by atoms with Crippen molar-refractivity contribution in [2.24, 2.45) is 11.8 Å². The molecule has 2 aromatic rings. The van der Waals surface area contributed by atoms with Gasteiger partial charge in [-0.3, -0.25) is 19.2 Å². The molecule has 2 N–H and O–H groups in total. The minimum absolute atomic E-state index is 0.0507. The summed E-state index contributed by atoms with van der Waals surface area (Å²) in [6, 6.07) is 14.2. The van der Waals surface area contributed by atoms with Gasteiger partial charge >= 0.3 is 5.97 Å². The molecular formula is C40H49BrClN3O8. The highest BCUT2D eigenvalue weighted by Crippen LogP contribution is 2.60. The zero-order valence-electron chi connectivity index (χ0n) is 30.0. The van der Waals surface area contributed by atoms with Crippen molar-refractivity contribution in [1.29, 1.82) is 0 Å². The quantitative estimate of drug-likeness (QED) is 0.0771. The second-order valence-electron chi connectivity index (χ2n) is 13.8. The summed E-state index contributed by atoms with van der Waals surface area (Å²) in [5, 5.41) is 12.8. The van der Waals surface area contributed by atoms with Crippen LogP contribution in [0.3, 0.4) is 0 Å². The third-order valence-corrected chi connectivity index (χ3v) is 11.4. The second-order valence-corrected chi connectivity index (χ2v) is 15.4. The number of esters is 1. The molecule has 3 amide bonds.